The average Bonchev–Trinajstić information content (AvgIpc) is 2.70. The molecule has 4 nitrogen and oxygen atoms in total. The molecule has 1 atom stereocenters. The zero-order valence-corrected chi connectivity index (χ0v) is 10.8. The van der Waals surface area contributed by atoms with E-state index in [1.54, 1.807) is 11.8 Å². The number of thioether (sulfide) groups is 1. The van der Waals surface area contributed by atoms with Crippen molar-refractivity contribution in [1.29, 1.82) is 0 Å². The third-order valence-corrected chi connectivity index (χ3v) is 3.67. The van der Waals surface area contributed by atoms with Crippen LogP contribution in [-0.4, -0.2) is 27.2 Å². The second kappa shape index (κ2) is 4.91. The van der Waals surface area contributed by atoms with Crippen LogP contribution >= 0.6 is 11.8 Å². The molecule has 88 valence electrons. The molecule has 5 heteroatoms. The molecule has 1 aromatic heterocycles. The van der Waals surface area contributed by atoms with Crippen LogP contribution < -0.4 is 5.32 Å². The quantitative estimate of drug-likeness (QED) is 0.861. The smallest absolute Gasteiger partial charge is 0.161 e. The number of rotatable bonds is 2. The van der Waals surface area contributed by atoms with Gasteiger partial charge in [0.25, 0.3) is 0 Å². The van der Waals surface area contributed by atoms with Crippen molar-refractivity contribution >= 4 is 22.6 Å². The van der Waals surface area contributed by atoms with Crippen LogP contribution in [0.3, 0.4) is 0 Å². The normalized spacial score (nSPS) is 21.0. The highest BCUT2D eigenvalue weighted by molar-refractivity contribution is 8.14. The van der Waals surface area contributed by atoms with Gasteiger partial charge in [-0.25, -0.2) is 0 Å². The Kier molecular flexibility index (Phi) is 3.53. The van der Waals surface area contributed by atoms with E-state index in [0.717, 1.165) is 23.2 Å². The Bertz CT molecular complexity index is 383. The first kappa shape index (κ1) is 11.5. The maximum absolute atomic E-state index is 4.49. The van der Waals surface area contributed by atoms with E-state index in [1.807, 2.05) is 17.1 Å². The zero-order valence-electron chi connectivity index (χ0n) is 9.97. The highest BCUT2D eigenvalue weighted by atomic mass is 32.2. The molecule has 1 N–H and O–H groups in total. The van der Waals surface area contributed by atoms with Gasteiger partial charge in [-0.2, -0.15) is 5.10 Å². The first-order valence-corrected chi connectivity index (χ1v) is 6.62. The zero-order chi connectivity index (χ0) is 11.5. The lowest BCUT2D eigenvalue weighted by atomic mass is 10.2. The van der Waals surface area contributed by atoms with E-state index in [9.17, 15) is 0 Å². The summed E-state index contributed by atoms with van der Waals surface area (Å²) in [5.41, 5.74) is 1.02. The summed E-state index contributed by atoms with van der Waals surface area (Å²) in [5.74, 6) is 1.83. The molecule has 0 aliphatic carbocycles. The minimum Gasteiger partial charge on any atom is -0.332 e. The van der Waals surface area contributed by atoms with Crippen molar-refractivity contribution in [2.45, 2.75) is 26.8 Å². The topological polar surface area (TPSA) is 42.2 Å². The molecule has 0 bridgehead atoms. The number of hydrogen-bond acceptors (Lipinski definition) is 4. The Labute approximate surface area is 101 Å². The van der Waals surface area contributed by atoms with Gasteiger partial charge in [-0.1, -0.05) is 18.7 Å². The van der Waals surface area contributed by atoms with Crippen LogP contribution in [0.25, 0.3) is 0 Å². The molecule has 16 heavy (non-hydrogen) atoms. The van der Waals surface area contributed by atoms with Gasteiger partial charge in [0, 0.05) is 24.5 Å². The third kappa shape index (κ3) is 2.78. The van der Waals surface area contributed by atoms with Gasteiger partial charge in [0.05, 0.1) is 11.9 Å². The predicted molar refractivity (Wildman–Crippen MR) is 70.2 cm³/mol. The number of aliphatic imine (C=N–C) groups is 1. The molecular formula is C11H18N4S. The van der Waals surface area contributed by atoms with E-state index in [4.69, 9.17) is 0 Å². The third-order valence-electron chi connectivity index (χ3n) is 2.43. The van der Waals surface area contributed by atoms with Crippen molar-refractivity contribution in [2.75, 3.05) is 17.6 Å². The van der Waals surface area contributed by atoms with E-state index in [2.05, 4.69) is 36.2 Å². The Morgan fingerprint density at radius 2 is 2.38 bits per heavy atom. The summed E-state index contributed by atoms with van der Waals surface area (Å²) in [6, 6.07) is 0.400. The number of nitrogens with zero attached hydrogens (tertiary/aromatic N) is 3. The fourth-order valence-corrected chi connectivity index (χ4v) is 2.35. The van der Waals surface area contributed by atoms with Gasteiger partial charge in [-0.05, 0) is 19.8 Å². The lowest BCUT2D eigenvalue weighted by Gasteiger charge is -2.17. The molecule has 0 saturated carbocycles. The Morgan fingerprint density at radius 3 is 2.94 bits per heavy atom. The fourth-order valence-electron chi connectivity index (χ4n) is 1.44. The highest BCUT2D eigenvalue weighted by Crippen LogP contribution is 2.19. The molecule has 2 heterocycles. The molecule has 1 unspecified atom stereocenters. The standard InChI is InChI=1S/C11H18N4S/c1-8(2)15-6-10(5-13-15)14-11-12-4-9(3)7-16-11/h5-6,8-9H,4,7H2,1-3H3,(H,12,14). The number of hydrogen-bond donors (Lipinski definition) is 1. The molecule has 1 aromatic rings. The second-order valence-corrected chi connectivity index (χ2v) is 5.50. The molecule has 0 amide bonds. The minimum atomic E-state index is 0.400. The van der Waals surface area contributed by atoms with Gasteiger partial charge >= 0.3 is 0 Å². The summed E-state index contributed by atoms with van der Waals surface area (Å²) in [6.45, 7) is 7.38. The van der Waals surface area contributed by atoms with E-state index < -0.39 is 0 Å². The lowest BCUT2D eigenvalue weighted by Crippen LogP contribution is -2.18. The molecule has 2 rings (SSSR count). The predicted octanol–water partition coefficient (Wildman–Crippen LogP) is 2.61. The summed E-state index contributed by atoms with van der Waals surface area (Å²) in [7, 11) is 0. The van der Waals surface area contributed by atoms with Crippen molar-refractivity contribution < 1.29 is 0 Å². The fraction of sp³-hybridized carbons (Fsp3) is 0.636. The maximum atomic E-state index is 4.49. The van der Waals surface area contributed by atoms with E-state index in [1.165, 1.54) is 0 Å². The summed E-state index contributed by atoms with van der Waals surface area (Å²) >= 11 is 1.79. The summed E-state index contributed by atoms with van der Waals surface area (Å²) in [4.78, 5) is 4.49. The highest BCUT2D eigenvalue weighted by Gasteiger charge is 2.12. The second-order valence-electron chi connectivity index (χ2n) is 4.49. The lowest BCUT2D eigenvalue weighted by molar-refractivity contribution is 0.532. The van der Waals surface area contributed by atoms with Gasteiger partial charge in [-0.15, -0.1) is 0 Å². The van der Waals surface area contributed by atoms with Crippen molar-refractivity contribution in [1.82, 2.24) is 9.78 Å². The summed E-state index contributed by atoms with van der Waals surface area (Å²) < 4.78 is 1.94. The van der Waals surface area contributed by atoms with E-state index in [-0.39, 0.29) is 0 Å². The van der Waals surface area contributed by atoms with Crippen molar-refractivity contribution in [3.63, 3.8) is 0 Å². The number of aromatic nitrogens is 2. The van der Waals surface area contributed by atoms with E-state index >= 15 is 0 Å². The monoisotopic (exact) mass is 238 g/mol. The van der Waals surface area contributed by atoms with Crippen LogP contribution in [0.4, 0.5) is 5.69 Å². The molecule has 1 aliphatic rings. The largest absolute Gasteiger partial charge is 0.332 e. The molecular weight excluding hydrogens is 220 g/mol. The van der Waals surface area contributed by atoms with Gasteiger partial charge in [0.15, 0.2) is 5.17 Å². The van der Waals surface area contributed by atoms with Crippen molar-refractivity contribution in [2.24, 2.45) is 10.9 Å². The van der Waals surface area contributed by atoms with Crippen molar-refractivity contribution in [3.05, 3.63) is 12.4 Å². The van der Waals surface area contributed by atoms with Crippen LogP contribution in [0.15, 0.2) is 17.4 Å². The number of nitrogens with one attached hydrogen (secondary N) is 1. The summed E-state index contributed by atoms with van der Waals surface area (Å²) in [5, 5.41) is 8.61. The Balaban J connectivity index is 1.98. The maximum Gasteiger partial charge on any atom is 0.161 e. The number of anilines is 1. The van der Waals surface area contributed by atoms with Crippen LogP contribution in [-0.2, 0) is 0 Å². The summed E-state index contributed by atoms with van der Waals surface area (Å²) in [6.07, 6.45) is 3.87. The van der Waals surface area contributed by atoms with Gasteiger partial charge in [0.1, 0.15) is 0 Å². The average molecular weight is 238 g/mol. The van der Waals surface area contributed by atoms with Crippen molar-refractivity contribution in [3.8, 4) is 0 Å². The Hall–Kier alpha value is -0.970. The molecule has 0 fully saturated rings. The van der Waals surface area contributed by atoms with Gasteiger partial charge in [0.2, 0.25) is 0 Å². The van der Waals surface area contributed by atoms with Gasteiger partial charge in [-0.3, -0.25) is 9.67 Å². The van der Waals surface area contributed by atoms with Crippen LogP contribution in [0.1, 0.15) is 26.8 Å². The minimum absolute atomic E-state index is 0.400. The molecule has 0 saturated heterocycles. The molecule has 0 aromatic carbocycles. The van der Waals surface area contributed by atoms with Crippen LogP contribution in [0.5, 0.6) is 0 Å². The molecule has 1 aliphatic heterocycles. The number of amidine groups is 1. The molecule has 0 radical (unpaired) electrons. The van der Waals surface area contributed by atoms with Gasteiger partial charge < -0.3 is 5.32 Å². The van der Waals surface area contributed by atoms with E-state index in [0.29, 0.717) is 12.0 Å². The van der Waals surface area contributed by atoms with Crippen LogP contribution in [0, 0.1) is 5.92 Å². The Morgan fingerprint density at radius 1 is 1.56 bits per heavy atom. The SMILES string of the molecule is CC1CN=C(Nc2cnn(C(C)C)c2)SC1. The first-order valence-electron chi connectivity index (χ1n) is 5.63. The first-order chi connectivity index (χ1) is 7.65. The van der Waals surface area contributed by atoms with Crippen LogP contribution in [0.2, 0.25) is 0 Å². The molecule has 0 spiro atoms.